The molecule has 0 amide bonds. The van der Waals surface area contributed by atoms with E-state index in [-0.39, 0.29) is 11.6 Å². The quantitative estimate of drug-likeness (QED) is 0.441. The lowest BCUT2D eigenvalue weighted by molar-refractivity contribution is 0.344. The van der Waals surface area contributed by atoms with Crippen molar-refractivity contribution < 1.29 is 4.39 Å². The highest BCUT2D eigenvalue weighted by Gasteiger charge is 2.32. The van der Waals surface area contributed by atoms with E-state index in [0.717, 1.165) is 38.0 Å². The van der Waals surface area contributed by atoms with Crippen molar-refractivity contribution in [3.05, 3.63) is 69.8 Å². The zero-order valence-electron chi connectivity index (χ0n) is 19.9. The molecule has 9 heteroatoms. The summed E-state index contributed by atoms with van der Waals surface area (Å²) in [5.41, 5.74) is 3.76. The average Bonchev–Trinajstić information content (AvgIpc) is 3.68. The van der Waals surface area contributed by atoms with Crippen molar-refractivity contribution in [1.82, 2.24) is 29.6 Å². The third kappa shape index (κ3) is 3.89. The molecule has 0 atom stereocenters. The van der Waals surface area contributed by atoms with E-state index in [9.17, 15) is 9.18 Å². The third-order valence-electron chi connectivity index (χ3n) is 6.84. The van der Waals surface area contributed by atoms with Crippen LogP contribution >= 0.6 is 0 Å². The molecular formula is C26H28FN7O. The van der Waals surface area contributed by atoms with Crippen molar-refractivity contribution in [3.63, 3.8) is 0 Å². The second kappa shape index (κ2) is 8.27. The molecule has 4 heterocycles. The van der Waals surface area contributed by atoms with Crippen LogP contribution in [0.4, 0.5) is 16.0 Å². The maximum absolute atomic E-state index is 13.7. The average molecular weight is 474 g/mol. The highest BCUT2D eigenvalue weighted by Crippen LogP contribution is 2.36. The number of hydrogen-bond donors (Lipinski definition) is 2. The van der Waals surface area contributed by atoms with Gasteiger partial charge in [0.15, 0.2) is 11.5 Å². The van der Waals surface area contributed by atoms with Crippen LogP contribution in [-0.2, 0) is 18.4 Å². The molecule has 0 radical (unpaired) electrons. The number of nitrogens with one attached hydrogen (secondary N) is 2. The zero-order valence-corrected chi connectivity index (χ0v) is 19.9. The number of nitrogens with zero attached hydrogens (tertiary/aromatic N) is 5. The second-order valence-corrected chi connectivity index (χ2v) is 10.1. The van der Waals surface area contributed by atoms with Gasteiger partial charge in [-0.3, -0.25) is 9.18 Å². The van der Waals surface area contributed by atoms with Crippen LogP contribution < -0.4 is 16.2 Å². The Bertz CT molecular complexity index is 1490. The summed E-state index contributed by atoms with van der Waals surface area (Å²) in [7, 11) is 0. The van der Waals surface area contributed by atoms with Crippen molar-refractivity contribution in [2.45, 2.75) is 51.1 Å². The summed E-state index contributed by atoms with van der Waals surface area (Å²) in [5.74, 6) is 0.954. The second-order valence-electron chi connectivity index (χ2n) is 10.1. The summed E-state index contributed by atoms with van der Waals surface area (Å²) >= 11 is 0. The molecular weight excluding hydrogens is 445 g/mol. The Morgan fingerprint density at radius 1 is 1.17 bits per heavy atom. The predicted octanol–water partition coefficient (Wildman–Crippen LogP) is 3.95. The van der Waals surface area contributed by atoms with Gasteiger partial charge in [-0.15, -0.1) is 0 Å². The summed E-state index contributed by atoms with van der Waals surface area (Å²) in [6.07, 6.45) is 4.45. The Labute approximate surface area is 202 Å². The molecule has 2 N–H and O–H groups in total. The Morgan fingerprint density at radius 2 is 2.03 bits per heavy atom. The number of pyridine rings is 1. The number of rotatable bonds is 6. The standard InChI is InChI=1S/C26H28FN7O/c1-26(2,15-27)21-4-3-5-22(31-21)34-23-20(24(35)33(34)19-8-9-19)14-29-25(32-23)30-18-7-6-16-10-11-28-13-17(16)12-18/h3-7,12,14,19,28H,8-11,13,15H2,1-2H3,(H,29,30,32). The fraction of sp³-hybridized carbons (Fsp3) is 0.385. The van der Waals surface area contributed by atoms with E-state index in [0.29, 0.717) is 28.5 Å². The molecule has 2 aliphatic rings. The lowest BCUT2D eigenvalue weighted by Crippen LogP contribution is -2.24. The van der Waals surface area contributed by atoms with Gasteiger partial charge >= 0.3 is 0 Å². The first kappa shape index (κ1) is 21.9. The van der Waals surface area contributed by atoms with E-state index in [1.54, 1.807) is 15.6 Å². The molecule has 3 aromatic heterocycles. The van der Waals surface area contributed by atoms with Crippen LogP contribution in [0.15, 0.2) is 47.4 Å². The number of alkyl halides is 1. The Balaban J connectivity index is 1.46. The fourth-order valence-electron chi connectivity index (χ4n) is 4.60. The van der Waals surface area contributed by atoms with Gasteiger partial charge < -0.3 is 10.6 Å². The monoisotopic (exact) mass is 473 g/mol. The minimum absolute atomic E-state index is 0.0981. The van der Waals surface area contributed by atoms with Gasteiger partial charge in [0.1, 0.15) is 12.1 Å². The number of anilines is 2. The van der Waals surface area contributed by atoms with E-state index < -0.39 is 12.1 Å². The number of halogens is 1. The molecule has 1 aromatic carbocycles. The highest BCUT2D eigenvalue weighted by molar-refractivity contribution is 5.77. The number of hydrogen-bond acceptors (Lipinski definition) is 6. The first-order chi connectivity index (χ1) is 16.9. The lowest BCUT2D eigenvalue weighted by atomic mass is 9.90. The first-order valence-electron chi connectivity index (χ1n) is 12.1. The molecule has 8 nitrogen and oxygen atoms in total. The van der Waals surface area contributed by atoms with Crippen LogP contribution in [0, 0.1) is 0 Å². The normalized spacial score (nSPS) is 15.9. The SMILES string of the molecule is CC(C)(CF)c1cccc(-n2c3nc(Nc4ccc5c(c4)CNCC5)ncc3c(=O)n2C2CC2)n1. The largest absolute Gasteiger partial charge is 0.324 e. The van der Waals surface area contributed by atoms with Crippen LogP contribution in [-0.4, -0.2) is 37.5 Å². The molecule has 1 saturated carbocycles. The number of benzene rings is 1. The van der Waals surface area contributed by atoms with Gasteiger partial charge in [0.05, 0.1) is 11.7 Å². The first-order valence-corrected chi connectivity index (χ1v) is 12.1. The van der Waals surface area contributed by atoms with Crippen LogP contribution in [0.3, 0.4) is 0 Å². The molecule has 1 aliphatic carbocycles. The van der Waals surface area contributed by atoms with Crippen molar-refractivity contribution in [2.75, 3.05) is 18.5 Å². The number of aromatic nitrogens is 5. The summed E-state index contributed by atoms with van der Waals surface area (Å²) in [5, 5.41) is 7.13. The van der Waals surface area contributed by atoms with Gasteiger partial charge in [-0.1, -0.05) is 26.0 Å². The molecule has 1 aliphatic heterocycles. The van der Waals surface area contributed by atoms with E-state index >= 15 is 0 Å². The van der Waals surface area contributed by atoms with E-state index in [1.165, 1.54) is 11.1 Å². The van der Waals surface area contributed by atoms with Crippen LogP contribution in [0.5, 0.6) is 0 Å². The van der Waals surface area contributed by atoms with E-state index in [1.807, 2.05) is 38.1 Å². The summed E-state index contributed by atoms with van der Waals surface area (Å²) in [6.45, 7) is 4.94. The molecule has 4 aromatic rings. The van der Waals surface area contributed by atoms with Crippen molar-refractivity contribution in [3.8, 4) is 5.82 Å². The maximum Gasteiger partial charge on any atom is 0.278 e. The smallest absolute Gasteiger partial charge is 0.278 e. The summed E-state index contributed by atoms with van der Waals surface area (Å²) < 4.78 is 17.2. The van der Waals surface area contributed by atoms with Gasteiger partial charge in [0.25, 0.3) is 5.56 Å². The summed E-state index contributed by atoms with van der Waals surface area (Å²) in [6, 6.07) is 11.9. The van der Waals surface area contributed by atoms with Crippen molar-refractivity contribution in [1.29, 1.82) is 0 Å². The molecule has 0 saturated heterocycles. The molecule has 35 heavy (non-hydrogen) atoms. The van der Waals surface area contributed by atoms with Crippen LogP contribution in [0.25, 0.3) is 16.9 Å². The highest BCUT2D eigenvalue weighted by atomic mass is 19.1. The van der Waals surface area contributed by atoms with Gasteiger partial charge in [-0.2, -0.15) is 4.98 Å². The Kier molecular flexibility index (Phi) is 5.17. The van der Waals surface area contributed by atoms with E-state index in [2.05, 4.69) is 27.8 Å². The van der Waals surface area contributed by atoms with Gasteiger partial charge in [-0.25, -0.2) is 19.3 Å². The van der Waals surface area contributed by atoms with Gasteiger partial charge in [-0.05, 0) is 61.2 Å². The lowest BCUT2D eigenvalue weighted by Gasteiger charge is -2.21. The Hall–Kier alpha value is -3.59. The fourth-order valence-corrected chi connectivity index (χ4v) is 4.60. The summed E-state index contributed by atoms with van der Waals surface area (Å²) in [4.78, 5) is 27.3. The molecule has 0 bridgehead atoms. The zero-order chi connectivity index (χ0) is 24.2. The third-order valence-corrected chi connectivity index (χ3v) is 6.84. The van der Waals surface area contributed by atoms with Gasteiger partial charge in [0, 0.05) is 23.8 Å². The van der Waals surface area contributed by atoms with E-state index in [4.69, 9.17) is 9.97 Å². The molecule has 6 rings (SSSR count). The predicted molar refractivity (Wildman–Crippen MR) is 133 cm³/mol. The molecule has 180 valence electrons. The van der Waals surface area contributed by atoms with Crippen LogP contribution in [0.1, 0.15) is 49.6 Å². The topological polar surface area (TPSA) is 89.7 Å². The van der Waals surface area contributed by atoms with Crippen molar-refractivity contribution >= 4 is 22.7 Å². The maximum atomic E-state index is 13.7. The molecule has 1 fully saturated rings. The molecule has 0 unspecified atom stereocenters. The Morgan fingerprint density at radius 3 is 2.83 bits per heavy atom. The number of fused-ring (bicyclic) bond motifs is 2. The van der Waals surface area contributed by atoms with Gasteiger partial charge in [0.2, 0.25) is 5.95 Å². The minimum Gasteiger partial charge on any atom is -0.324 e. The van der Waals surface area contributed by atoms with Crippen LogP contribution in [0.2, 0.25) is 0 Å². The van der Waals surface area contributed by atoms with Crippen molar-refractivity contribution in [2.24, 2.45) is 0 Å². The molecule has 0 spiro atoms. The minimum atomic E-state index is -0.729.